The van der Waals surface area contributed by atoms with Crippen LogP contribution in [0.4, 0.5) is 5.95 Å². The van der Waals surface area contributed by atoms with Crippen LogP contribution in [0.15, 0.2) is 40.2 Å². The fraction of sp³-hybridized carbons (Fsp3) is 0.286. The van der Waals surface area contributed by atoms with Crippen LogP contribution in [0.3, 0.4) is 0 Å². The van der Waals surface area contributed by atoms with Crippen LogP contribution in [0.1, 0.15) is 42.1 Å². The number of H-pyrrole nitrogens is 2. The van der Waals surface area contributed by atoms with Crippen LogP contribution < -0.4 is 21.8 Å². The molecule has 2 aliphatic rings. The monoisotopic (exact) mass is 416 g/mol. The van der Waals surface area contributed by atoms with Crippen LogP contribution in [0.5, 0.6) is 5.88 Å². The lowest BCUT2D eigenvalue weighted by Gasteiger charge is -2.14. The summed E-state index contributed by atoms with van der Waals surface area (Å²) in [6.07, 6.45) is 7.32. The van der Waals surface area contributed by atoms with E-state index in [1.165, 1.54) is 11.1 Å². The van der Waals surface area contributed by atoms with E-state index in [1.54, 1.807) is 16.8 Å². The highest BCUT2D eigenvalue weighted by Gasteiger charge is 2.24. The van der Waals surface area contributed by atoms with E-state index in [1.807, 2.05) is 6.07 Å². The topological polar surface area (TPSA) is 136 Å². The maximum absolute atomic E-state index is 11.5. The minimum absolute atomic E-state index is 0.132. The zero-order valence-electron chi connectivity index (χ0n) is 16.5. The molecular formula is C21H20N8O2. The highest BCUT2D eigenvalue weighted by Crippen LogP contribution is 2.32. The van der Waals surface area contributed by atoms with Crippen molar-refractivity contribution < 1.29 is 5.11 Å². The van der Waals surface area contributed by atoms with Crippen LogP contribution >= 0.6 is 0 Å². The minimum Gasteiger partial charge on any atom is -0.493 e. The summed E-state index contributed by atoms with van der Waals surface area (Å²) in [5, 5.41) is 18.4. The second-order valence-corrected chi connectivity index (χ2v) is 7.96. The molecular weight excluding hydrogens is 396 g/mol. The predicted octanol–water partition coefficient (Wildman–Crippen LogP) is 0.556. The van der Waals surface area contributed by atoms with Gasteiger partial charge in [0.25, 0.3) is 5.62 Å². The number of hydrogen-bond donors (Lipinski definition) is 4. The highest BCUT2D eigenvalue weighted by atomic mass is 16.3. The van der Waals surface area contributed by atoms with E-state index in [9.17, 15) is 9.90 Å². The van der Waals surface area contributed by atoms with Crippen molar-refractivity contribution in [3.63, 3.8) is 0 Å². The molecule has 0 spiro atoms. The van der Waals surface area contributed by atoms with Gasteiger partial charge >= 0.3 is 5.69 Å². The van der Waals surface area contributed by atoms with Crippen LogP contribution in [-0.4, -0.2) is 40.7 Å². The normalized spacial score (nSPS) is 19.3. The number of hydrogen-bond acceptors (Lipinski definition) is 7. The molecule has 156 valence electrons. The van der Waals surface area contributed by atoms with Gasteiger partial charge in [-0.3, -0.25) is 4.98 Å². The first kappa shape index (κ1) is 17.9. The Balaban J connectivity index is 1.48. The molecule has 0 amide bonds. The first-order valence-corrected chi connectivity index (χ1v) is 10.3. The van der Waals surface area contributed by atoms with E-state index in [-0.39, 0.29) is 23.7 Å². The Hall–Kier alpha value is -3.95. The lowest BCUT2D eigenvalue weighted by molar-refractivity contribution is 0.454. The van der Waals surface area contributed by atoms with Gasteiger partial charge in [-0.1, -0.05) is 24.3 Å². The van der Waals surface area contributed by atoms with E-state index in [4.69, 9.17) is 9.98 Å². The van der Waals surface area contributed by atoms with Crippen molar-refractivity contribution >= 4 is 17.7 Å². The predicted molar refractivity (Wildman–Crippen MR) is 112 cm³/mol. The number of fused-ring (bicyclic) bond motifs is 2. The number of aromatic amines is 2. The fourth-order valence-electron chi connectivity index (χ4n) is 4.01. The van der Waals surface area contributed by atoms with Crippen molar-refractivity contribution in [3.05, 3.63) is 68.6 Å². The fourth-order valence-corrected chi connectivity index (χ4v) is 4.01. The van der Waals surface area contributed by atoms with Gasteiger partial charge in [0.1, 0.15) is 5.69 Å². The number of aromatic nitrogens is 6. The van der Waals surface area contributed by atoms with E-state index < -0.39 is 5.69 Å². The maximum Gasteiger partial charge on any atom is 0.326 e. The van der Waals surface area contributed by atoms with Gasteiger partial charge in [-0.25, -0.2) is 9.79 Å². The van der Waals surface area contributed by atoms with Gasteiger partial charge in [-0.2, -0.15) is 19.6 Å². The Labute approximate surface area is 175 Å². The van der Waals surface area contributed by atoms with Gasteiger partial charge in [-0.15, -0.1) is 0 Å². The Morgan fingerprint density at radius 2 is 2.06 bits per heavy atom. The van der Waals surface area contributed by atoms with E-state index in [0.717, 1.165) is 25.7 Å². The molecule has 0 bridgehead atoms. The van der Waals surface area contributed by atoms with Gasteiger partial charge in [0, 0.05) is 5.22 Å². The average Bonchev–Trinajstić information content (AvgIpc) is 3.20. The summed E-state index contributed by atoms with van der Waals surface area (Å²) in [6.45, 7) is 0. The standard InChI is InChI=1S/C21H20N8O2/c30-18-16(25-21(31)27-18)9-12-10-22-29-17(12)26-19(28-20(29)23-13-6-7-13)24-15-8-5-11-3-1-2-4-14(11)15/h1-4,9-10,13,15,30H,5-8H2,(H,23,24,28)(H2,25,27,31)/b12-9+/t15-/m0/s1. The second kappa shape index (κ2) is 6.79. The summed E-state index contributed by atoms with van der Waals surface area (Å²) in [7, 11) is 0. The van der Waals surface area contributed by atoms with Crippen molar-refractivity contribution in [2.75, 3.05) is 5.32 Å². The SMILES string of the molecule is O=c1[nH]c(O)c(/C=c2\cnn3c(=NC4CC4)nc(N[C@H]4CCc5ccccc54)nc23)[nH]1. The summed E-state index contributed by atoms with van der Waals surface area (Å²) in [5.74, 6) is 0.248. The van der Waals surface area contributed by atoms with Crippen molar-refractivity contribution in [3.8, 4) is 5.88 Å². The summed E-state index contributed by atoms with van der Waals surface area (Å²) in [4.78, 5) is 30.4. The molecule has 1 saturated carbocycles. The molecule has 3 aromatic heterocycles. The molecule has 0 aliphatic heterocycles. The number of imidazole rings is 1. The van der Waals surface area contributed by atoms with Gasteiger partial charge < -0.3 is 15.4 Å². The van der Waals surface area contributed by atoms with E-state index in [2.05, 4.69) is 43.6 Å². The number of nitrogens with zero attached hydrogens (tertiary/aromatic N) is 5. The molecule has 0 saturated heterocycles. The van der Waals surface area contributed by atoms with Crippen LogP contribution in [0, 0.1) is 0 Å². The molecule has 31 heavy (non-hydrogen) atoms. The highest BCUT2D eigenvalue weighted by molar-refractivity contribution is 5.57. The molecule has 2 aliphatic carbocycles. The molecule has 4 aromatic rings. The van der Waals surface area contributed by atoms with Crippen molar-refractivity contribution in [2.24, 2.45) is 4.99 Å². The molecule has 4 N–H and O–H groups in total. The Kier molecular flexibility index (Phi) is 3.92. The number of aromatic hydroxyl groups is 1. The first-order chi connectivity index (χ1) is 15.1. The number of anilines is 1. The molecule has 1 atom stereocenters. The quantitative estimate of drug-likeness (QED) is 0.384. The third-order valence-electron chi connectivity index (χ3n) is 5.69. The number of aryl methyl sites for hydroxylation is 1. The molecule has 0 unspecified atom stereocenters. The molecule has 6 rings (SSSR count). The summed E-state index contributed by atoms with van der Waals surface area (Å²) in [5.41, 5.74) is 3.42. The zero-order valence-corrected chi connectivity index (χ0v) is 16.5. The number of rotatable bonds is 4. The number of nitrogens with one attached hydrogen (secondary N) is 3. The average molecular weight is 416 g/mol. The summed E-state index contributed by atoms with van der Waals surface area (Å²) < 4.78 is 1.60. The number of benzene rings is 1. The zero-order chi connectivity index (χ0) is 20.9. The third kappa shape index (κ3) is 3.25. The van der Waals surface area contributed by atoms with Crippen molar-refractivity contribution in [2.45, 2.75) is 37.8 Å². The largest absolute Gasteiger partial charge is 0.493 e. The maximum atomic E-state index is 11.5. The molecule has 3 heterocycles. The van der Waals surface area contributed by atoms with Gasteiger partial charge in [0.15, 0.2) is 5.65 Å². The summed E-state index contributed by atoms with van der Waals surface area (Å²) >= 11 is 0. The van der Waals surface area contributed by atoms with Crippen LogP contribution in [0.25, 0.3) is 11.7 Å². The van der Waals surface area contributed by atoms with E-state index >= 15 is 0 Å². The van der Waals surface area contributed by atoms with Gasteiger partial charge in [0.05, 0.1) is 18.3 Å². The molecule has 10 nitrogen and oxygen atoms in total. The van der Waals surface area contributed by atoms with Crippen LogP contribution in [-0.2, 0) is 6.42 Å². The molecule has 0 radical (unpaired) electrons. The summed E-state index contributed by atoms with van der Waals surface area (Å²) in [6, 6.07) is 8.80. The Morgan fingerprint density at radius 1 is 1.19 bits per heavy atom. The van der Waals surface area contributed by atoms with Crippen LogP contribution in [0.2, 0.25) is 0 Å². The smallest absolute Gasteiger partial charge is 0.326 e. The Morgan fingerprint density at radius 3 is 2.87 bits per heavy atom. The second-order valence-electron chi connectivity index (χ2n) is 7.96. The Bertz CT molecular complexity index is 1480. The molecule has 1 fully saturated rings. The molecule has 1 aromatic carbocycles. The molecule has 10 heteroatoms. The van der Waals surface area contributed by atoms with Gasteiger partial charge in [-0.05, 0) is 42.9 Å². The van der Waals surface area contributed by atoms with Crippen molar-refractivity contribution in [1.82, 2.24) is 29.5 Å². The van der Waals surface area contributed by atoms with Crippen molar-refractivity contribution in [1.29, 1.82) is 0 Å². The van der Waals surface area contributed by atoms with Gasteiger partial charge in [0.2, 0.25) is 11.8 Å². The lowest BCUT2D eigenvalue weighted by Crippen LogP contribution is -2.25. The minimum atomic E-state index is -0.485. The van der Waals surface area contributed by atoms with E-state index in [0.29, 0.717) is 22.4 Å². The third-order valence-corrected chi connectivity index (χ3v) is 5.69. The first-order valence-electron chi connectivity index (χ1n) is 10.3. The lowest BCUT2D eigenvalue weighted by atomic mass is 10.1.